The fourth-order valence-corrected chi connectivity index (χ4v) is 1.45. The molecule has 0 heterocycles. The van der Waals surface area contributed by atoms with Crippen molar-refractivity contribution in [3.63, 3.8) is 0 Å². The molecule has 0 bridgehead atoms. The summed E-state index contributed by atoms with van der Waals surface area (Å²) in [6.45, 7) is 2.05. The van der Waals surface area contributed by atoms with E-state index >= 15 is 0 Å². The van der Waals surface area contributed by atoms with Crippen molar-refractivity contribution in [1.82, 2.24) is 0 Å². The van der Waals surface area contributed by atoms with Gasteiger partial charge in [-0.3, -0.25) is 0 Å². The van der Waals surface area contributed by atoms with E-state index < -0.39 is 4.33 Å². The van der Waals surface area contributed by atoms with E-state index in [0.29, 0.717) is 0 Å². The molecule has 0 aliphatic heterocycles. The second-order valence-corrected chi connectivity index (χ2v) is 3.93. The zero-order valence-electron chi connectivity index (χ0n) is 4.75. The van der Waals surface area contributed by atoms with Crippen molar-refractivity contribution in [2.45, 2.75) is 24.1 Å². The van der Waals surface area contributed by atoms with Crippen LogP contribution in [-0.2, 0) is 0 Å². The molecular weight excluding hydrogens is 143 g/mol. The molecule has 0 spiro atoms. The standard InChI is InChI=1S/C6H8Cl2/c1-5-2-3-6(7,8)4-5/h2H,3-4H2,1H3. The summed E-state index contributed by atoms with van der Waals surface area (Å²) >= 11 is 11.6. The molecule has 46 valence electrons. The van der Waals surface area contributed by atoms with E-state index in [2.05, 4.69) is 6.08 Å². The van der Waals surface area contributed by atoms with Gasteiger partial charge in [-0.1, -0.05) is 11.6 Å². The zero-order chi connectivity index (χ0) is 6.20. The smallest absolute Gasteiger partial charge is 0.101 e. The number of hydrogen-bond acceptors (Lipinski definition) is 0. The van der Waals surface area contributed by atoms with Gasteiger partial charge in [0.15, 0.2) is 0 Å². The predicted octanol–water partition coefficient (Wildman–Crippen LogP) is 2.90. The minimum Gasteiger partial charge on any atom is -0.101 e. The Balaban J connectivity index is 2.55. The van der Waals surface area contributed by atoms with E-state index in [1.165, 1.54) is 5.57 Å². The van der Waals surface area contributed by atoms with Crippen LogP contribution in [0.4, 0.5) is 0 Å². The molecule has 0 amide bonds. The van der Waals surface area contributed by atoms with Crippen LogP contribution >= 0.6 is 23.2 Å². The van der Waals surface area contributed by atoms with Gasteiger partial charge >= 0.3 is 0 Å². The topological polar surface area (TPSA) is 0 Å². The summed E-state index contributed by atoms with van der Waals surface area (Å²) in [7, 11) is 0. The molecule has 1 rings (SSSR count). The lowest BCUT2D eigenvalue weighted by Gasteiger charge is -2.08. The molecule has 0 atom stereocenters. The lowest BCUT2D eigenvalue weighted by molar-refractivity contribution is 0.836. The highest BCUT2D eigenvalue weighted by atomic mass is 35.5. The molecule has 0 nitrogen and oxygen atoms in total. The van der Waals surface area contributed by atoms with Crippen LogP contribution in [0.5, 0.6) is 0 Å². The van der Waals surface area contributed by atoms with Crippen LogP contribution in [0.3, 0.4) is 0 Å². The average molecular weight is 151 g/mol. The first-order chi connectivity index (χ1) is 3.60. The molecule has 0 saturated carbocycles. The van der Waals surface area contributed by atoms with Gasteiger partial charge in [-0.15, -0.1) is 23.2 Å². The fraction of sp³-hybridized carbons (Fsp3) is 0.667. The maximum Gasteiger partial charge on any atom is 0.125 e. The largest absolute Gasteiger partial charge is 0.125 e. The molecule has 0 unspecified atom stereocenters. The molecule has 0 fully saturated rings. The second-order valence-electron chi connectivity index (χ2n) is 2.29. The van der Waals surface area contributed by atoms with Crippen LogP contribution in [0.1, 0.15) is 19.8 Å². The first kappa shape index (κ1) is 6.44. The Morgan fingerprint density at radius 1 is 1.62 bits per heavy atom. The van der Waals surface area contributed by atoms with Crippen molar-refractivity contribution in [2.75, 3.05) is 0 Å². The number of hydrogen-bond donors (Lipinski definition) is 0. The van der Waals surface area contributed by atoms with Gasteiger partial charge in [0.2, 0.25) is 0 Å². The van der Waals surface area contributed by atoms with E-state index in [1.54, 1.807) is 0 Å². The average Bonchev–Trinajstić information content (AvgIpc) is 1.82. The minimum absolute atomic E-state index is 0.482. The molecule has 1 aliphatic rings. The van der Waals surface area contributed by atoms with E-state index in [4.69, 9.17) is 23.2 Å². The first-order valence-corrected chi connectivity index (χ1v) is 3.39. The van der Waals surface area contributed by atoms with Crippen molar-refractivity contribution in [3.8, 4) is 0 Å². The van der Waals surface area contributed by atoms with Gasteiger partial charge in [-0.25, -0.2) is 0 Å². The Morgan fingerprint density at radius 3 is 2.38 bits per heavy atom. The van der Waals surface area contributed by atoms with Crippen molar-refractivity contribution < 1.29 is 0 Å². The Labute approximate surface area is 59.5 Å². The Kier molecular flexibility index (Phi) is 1.55. The van der Waals surface area contributed by atoms with Crippen molar-refractivity contribution >= 4 is 23.2 Å². The van der Waals surface area contributed by atoms with Crippen LogP contribution in [-0.4, -0.2) is 4.33 Å². The van der Waals surface area contributed by atoms with E-state index in [9.17, 15) is 0 Å². The molecule has 0 saturated heterocycles. The van der Waals surface area contributed by atoms with Crippen LogP contribution < -0.4 is 0 Å². The van der Waals surface area contributed by atoms with E-state index in [1.807, 2.05) is 6.92 Å². The van der Waals surface area contributed by atoms with Crippen LogP contribution in [0.25, 0.3) is 0 Å². The lowest BCUT2D eigenvalue weighted by atomic mass is 10.3. The predicted molar refractivity (Wildman–Crippen MR) is 37.4 cm³/mol. The van der Waals surface area contributed by atoms with Crippen LogP contribution in [0, 0.1) is 0 Å². The lowest BCUT2D eigenvalue weighted by Crippen LogP contribution is -2.04. The number of alkyl halides is 2. The fourth-order valence-electron chi connectivity index (χ4n) is 0.876. The molecule has 8 heavy (non-hydrogen) atoms. The Hall–Kier alpha value is 0.320. The van der Waals surface area contributed by atoms with Gasteiger partial charge < -0.3 is 0 Å². The molecule has 2 heteroatoms. The third kappa shape index (κ3) is 1.40. The van der Waals surface area contributed by atoms with Gasteiger partial charge in [0, 0.05) is 6.42 Å². The zero-order valence-corrected chi connectivity index (χ0v) is 6.26. The third-order valence-corrected chi connectivity index (χ3v) is 1.86. The summed E-state index contributed by atoms with van der Waals surface area (Å²) in [5.74, 6) is 0. The number of allylic oxidation sites excluding steroid dienone is 2. The second kappa shape index (κ2) is 1.93. The maximum absolute atomic E-state index is 5.78. The van der Waals surface area contributed by atoms with Gasteiger partial charge in [-0.2, -0.15) is 0 Å². The van der Waals surface area contributed by atoms with Gasteiger partial charge in [-0.05, 0) is 13.3 Å². The third-order valence-electron chi connectivity index (χ3n) is 1.29. The molecule has 0 aromatic rings. The SMILES string of the molecule is CC1=CCC(Cl)(Cl)C1. The Morgan fingerprint density at radius 2 is 2.25 bits per heavy atom. The molecule has 0 aromatic heterocycles. The molecular formula is C6H8Cl2. The van der Waals surface area contributed by atoms with Gasteiger partial charge in [0.25, 0.3) is 0 Å². The normalized spacial score (nSPS) is 25.6. The molecule has 1 aliphatic carbocycles. The van der Waals surface area contributed by atoms with Crippen molar-refractivity contribution in [2.24, 2.45) is 0 Å². The summed E-state index contributed by atoms with van der Waals surface area (Å²) in [4.78, 5) is 0. The summed E-state index contributed by atoms with van der Waals surface area (Å²) in [5.41, 5.74) is 1.30. The summed E-state index contributed by atoms with van der Waals surface area (Å²) in [6, 6.07) is 0. The summed E-state index contributed by atoms with van der Waals surface area (Å²) < 4.78 is -0.482. The van der Waals surface area contributed by atoms with Crippen LogP contribution in [0.2, 0.25) is 0 Å². The number of rotatable bonds is 0. The molecule has 0 N–H and O–H groups in total. The van der Waals surface area contributed by atoms with Crippen molar-refractivity contribution in [1.29, 1.82) is 0 Å². The monoisotopic (exact) mass is 150 g/mol. The summed E-state index contributed by atoms with van der Waals surface area (Å²) in [6.07, 6.45) is 3.72. The number of halogens is 2. The molecule has 0 aromatic carbocycles. The van der Waals surface area contributed by atoms with Gasteiger partial charge in [0.1, 0.15) is 4.33 Å². The summed E-state index contributed by atoms with van der Waals surface area (Å²) in [5, 5.41) is 0. The molecule has 0 radical (unpaired) electrons. The first-order valence-electron chi connectivity index (χ1n) is 2.64. The van der Waals surface area contributed by atoms with Gasteiger partial charge in [0.05, 0.1) is 0 Å². The van der Waals surface area contributed by atoms with E-state index in [0.717, 1.165) is 12.8 Å². The quantitative estimate of drug-likeness (QED) is 0.368. The highest BCUT2D eigenvalue weighted by Crippen LogP contribution is 2.38. The van der Waals surface area contributed by atoms with E-state index in [-0.39, 0.29) is 0 Å². The highest BCUT2D eigenvalue weighted by Gasteiger charge is 2.27. The van der Waals surface area contributed by atoms with Crippen LogP contribution in [0.15, 0.2) is 11.6 Å². The van der Waals surface area contributed by atoms with Crippen molar-refractivity contribution in [3.05, 3.63) is 11.6 Å². The highest BCUT2D eigenvalue weighted by molar-refractivity contribution is 6.48. The maximum atomic E-state index is 5.78. The minimum atomic E-state index is -0.482. The Bertz CT molecular complexity index is 124.